The first-order chi connectivity index (χ1) is 24.8. The van der Waals surface area contributed by atoms with Crippen molar-refractivity contribution in [2.75, 3.05) is 4.90 Å². The Morgan fingerprint density at radius 2 is 1.08 bits per heavy atom. The molecule has 8 aromatic carbocycles. The number of rotatable bonds is 5. The molecule has 0 fully saturated rings. The van der Waals surface area contributed by atoms with Crippen LogP contribution in [-0.2, 0) is 0 Å². The third-order valence-electron chi connectivity index (χ3n) is 9.93. The van der Waals surface area contributed by atoms with Crippen LogP contribution in [0, 0.1) is 0 Å². The van der Waals surface area contributed by atoms with Crippen LogP contribution in [0.4, 0.5) is 17.1 Å². The van der Waals surface area contributed by atoms with Crippen molar-refractivity contribution in [1.29, 1.82) is 0 Å². The zero-order chi connectivity index (χ0) is 33.0. The van der Waals surface area contributed by atoms with Gasteiger partial charge < -0.3 is 9.32 Å². The summed E-state index contributed by atoms with van der Waals surface area (Å²) in [6.45, 7) is 0. The summed E-state index contributed by atoms with van der Waals surface area (Å²) < 4.78 is 6.31. The molecular formula is C47H30N2O. The molecule has 0 spiro atoms. The van der Waals surface area contributed by atoms with Crippen molar-refractivity contribution in [2.24, 2.45) is 0 Å². The molecule has 0 saturated heterocycles. The second kappa shape index (κ2) is 11.5. The summed E-state index contributed by atoms with van der Waals surface area (Å²) in [5, 5.41) is 9.65. The molecule has 0 atom stereocenters. The summed E-state index contributed by atoms with van der Waals surface area (Å²) in [6.07, 6.45) is 3.68. The van der Waals surface area contributed by atoms with Gasteiger partial charge in [-0.2, -0.15) is 0 Å². The van der Waals surface area contributed by atoms with Crippen LogP contribution in [0.5, 0.6) is 0 Å². The van der Waals surface area contributed by atoms with Crippen molar-refractivity contribution in [1.82, 2.24) is 4.98 Å². The van der Waals surface area contributed by atoms with E-state index in [1.807, 2.05) is 18.3 Å². The lowest BCUT2D eigenvalue weighted by atomic mass is 9.90. The number of hydrogen-bond acceptors (Lipinski definition) is 3. The minimum atomic E-state index is 0.827. The van der Waals surface area contributed by atoms with E-state index >= 15 is 0 Å². The molecule has 0 saturated carbocycles. The summed E-state index contributed by atoms with van der Waals surface area (Å²) in [7, 11) is 0. The van der Waals surface area contributed by atoms with E-state index in [0.29, 0.717) is 0 Å². The van der Waals surface area contributed by atoms with Gasteiger partial charge in [0.1, 0.15) is 11.2 Å². The van der Waals surface area contributed by atoms with E-state index in [1.165, 1.54) is 54.6 Å². The van der Waals surface area contributed by atoms with E-state index in [0.717, 1.165) is 39.0 Å². The molecule has 0 aliphatic carbocycles. The van der Waals surface area contributed by atoms with Gasteiger partial charge in [-0.1, -0.05) is 121 Å². The van der Waals surface area contributed by atoms with Crippen LogP contribution in [0.2, 0.25) is 0 Å². The van der Waals surface area contributed by atoms with Crippen LogP contribution in [-0.4, -0.2) is 4.98 Å². The van der Waals surface area contributed by atoms with Crippen LogP contribution in [0.15, 0.2) is 187 Å². The van der Waals surface area contributed by atoms with Crippen LogP contribution in [0.3, 0.4) is 0 Å². The monoisotopic (exact) mass is 638 g/mol. The lowest BCUT2D eigenvalue weighted by molar-refractivity contribution is 0.668. The number of fused-ring (bicyclic) bond motifs is 8. The van der Waals surface area contributed by atoms with Crippen LogP contribution in [0.1, 0.15) is 0 Å². The van der Waals surface area contributed by atoms with E-state index in [-0.39, 0.29) is 0 Å². The minimum Gasteiger partial charge on any atom is -0.456 e. The number of nitrogens with zero attached hydrogens (tertiary/aromatic N) is 2. The van der Waals surface area contributed by atoms with Gasteiger partial charge in [0.15, 0.2) is 0 Å². The summed E-state index contributed by atoms with van der Waals surface area (Å²) >= 11 is 0. The Hall–Kier alpha value is -6.71. The molecule has 0 radical (unpaired) electrons. The first kappa shape index (κ1) is 28.3. The number of pyridine rings is 1. The first-order valence-corrected chi connectivity index (χ1v) is 16.9. The maximum atomic E-state index is 6.31. The second-order valence-electron chi connectivity index (χ2n) is 12.8. The lowest BCUT2D eigenvalue weighted by Crippen LogP contribution is -2.10. The highest BCUT2D eigenvalue weighted by Gasteiger charge is 2.20. The smallest absolute Gasteiger partial charge is 0.138 e. The summed E-state index contributed by atoms with van der Waals surface area (Å²) in [4.78, 5) is 6.78. The van der Waals surface area contributed by atoms with Gasteiger partial charge in [0.25, 0.3) is 0 Å². The normalized spacial score (nSPS) is 11.6. The molecule has 0 aliphatic heterocycles. The minimum absolute atomic E-state index is 0.827. The van der Waals surface area contributed by atoms with Gasteiger partial charge in [0, 0.05) is 29.2 Å². The molecule has 3 nitrogen and oxygen atoms in total. The van der Waals surface area contributed by atoms with Crippen molar-refractivity contribution in [3.05, 3.63) is 182 Å². The highest BCUT2D eigenvalue weighted by Crippen LogP contribution is 2.44. The molecule has 50 heavy (non-hydrogen) atoms. The quantitative estimate of drug-likeness (QED) is 0.176. The highest BCUT2D eigenvalue weighted by atomic mass is 16.3. The average molecular weight is 639 g/mol. The molecule has 0 aliphatic rings. The molecule has 0 unspecified atom stereocenters. The first-order valence-electron chi connectivity index (χ1n) is 16.9. The zero-order valence-electron chi connectivity index (χ0n) is 27.1. The standard InChI is InChI=1S/C47H30N2O/c1-2-9-31(10-3-1)32-19-23-36(24-20-32)49(43-15-8-16-45-47(43)42-30-48-28-27-44(42)50-45)37-25-21-34(22-26-37)41-29-35-18-17-33-11-4-5-12-38(33)46(35)40-14-7-6-13-39(40)41/h1-30H. The summed E-state index contributed by atoms with van der Waals surface area (Å²) in [5.41, 5.74) is 9.60. The third kappa shape index (κ3) is 4.56. The van der Waals surface area contributed by atoms with Crippen molar-refractivity contribution < 1.29 is 4.42 Å². The Morgan fingerprint density at radius 3 is 1.88 bits per heavy atom. The topological polar surface area (TPSA) is 29.3 Å². The largest absolute Gasteiger partial charge is 0.456 e. The number of furan rings is 1. The van der Waals surface area contributed by atoms with Crippen molar-refractivity contribution in [3.63, 3.8) is 0 Å². The third-order valence-corrected chi connectivity index (χ3v) is 9.93. The fourth-order valence-electron chi connectivity index (χ4n) is 7.61. The Balaban J connectivity index is 1.15. The molecule has 0 amide bonds. The molecular weight excluding hydrogens is 609 g/mol. The maximum absolute atomic E-state index is 6.31. The van der Waals surface area contributed by atoms with Crippen LogP contribution in [0.25, 0.3) is 76.5 Å². The van der Waals surface area contributed by atoms with Gasteiger partial charge >= 0.3 is 0 Å². The molecule has 0 N–H and O–H groups in total. The van der Waals surface area contributed by atoms with Crippen molar-refractivity contribution in [2.45, 2.75) is 0 Å². The Labute approximate surface area is 289 Å². The Bertz CT molecular complexity index is 2850. The van der Waals surface area contributed by atoms with E-state index < -0.39 is 0 Å². The Kier molecular flexibility index (Phi) is 6.49. The molecule has 3 heteroatoms. The van der Waals surface area contributed by atoms with Gasteiger partial charge in [-0.25, -0.2) is 0 Å². The molecule has 10 aromatic rings. The molecule has 2 heterocycles. The van der Waals surface area contributed by atoms with E-state index in [1.54, 1.807) is 6.20 Å². The highest BCUT2D eigenvalue weighted by molar-refractivity contribution is 6.23. The number of hydrogen-bond donors (Lipinski definition) is 0. The maximum Gasteiger partial charge on any atom is 0.138 e. The molecule has 234 valence electrons. The van der Waals surface area contributed by atoms with Gasteiger partial charge in [0.05, 0.1) is 11.1 Å². The fraction of sp³-hybridized carbons (Fsp3) is 0. The van der Waals surface area contributed by atoms with Gasteiger partial charge in [0.2, 0.25) is 0 Å². The molecule has 10 rings (SSSR count). The zero-order valence-corrected chi connectivity index (χ0v) is 27.1. The summed E-state index contributed by atoms with van der Waals surface area (Å²) in [6, 6.07) is 60.8. The number of anilines is 3. The predicted octanol–water partition coefficient (Wildman–Crippen LogP) is 13.2. The molecule has 2 aromatic heterocycles. The SMILES string of the molecule is c1ccc(-c2ccc(N(c3ccc(-c4cc5ccc6ccccc6c5c5ccccc45)cc3)c3cccc4oc5ccncc5c34)cc2)cc1. The van der Waals surface area contributed by atoms with E-state index in [9.17, 15) is 0 Å². The van der Waals surface area contributed by atoms with Crippen molar-refractivity contribution in [3.8, 4) is 22.3 Å². The number of benzene rings is 8. The lowest BCUT2D eigenvalue weighted by Gasteiger charge is -2.26. The van der Waals surface area contributed by atoms with Crippen LogP contribution < -0.4 is 4.90 Å². The van der Waals surface area contributed by atoms with Crippen molar-refractivity contribution >= 4 is 71.3 Å². The van der Waals surface area contributed by atoms with E-state index in [2.05, 4.69) is 168 Å². The van der Waals surface area contributed by atoms with Gasteiger partial charge in [-0.05, 0) is 103 Å². The fourth-order valence-corrected chi connectivity index (χ4v) is 7.61. The average Bonchev–Trinajstić information content (AvgIpc) is 3.58. The van der Waals surface area contributed by atoms with E-state index in [4.69, 9.17) is 4.42 Å². The summed E-state index contributed by atoms with van der Waals surface area (Å²) in [5.74, 6) is 0. The van der Waals surface area contributed by atoms with Crippen LogP contribution >= 0.6 is 0 Å². The van der Waals surface area contributed by atoms with Gasteiger partial charge in [-0.15, -0.1) is 0 Å². The molecule has 0 bridgehead atoms. The van der Waals surface area contributed by atoms with Gasteiger partial charge in [-0.3, -0.25) is 4.98 Å². The Morgan fingerprint density at radius 1 is 0.420 bits per heavy atom. The second-order valence-corrected chi connectivity index (χ2v) is 12.8. The predicted molar refractivity (Wildman–Crippen MR) is 210 cm³/mol. The number of aromatic nitrogens is 1.